The molecule has 0 aliphatic heterocycles. The molecular weight excluding hydrogens is 220 g/mol. The molecule has 1 heterocycles. The smallest absolute Gasteiger partial charge is 0.140 e. The number of aryl methyl sites for hydroxylation is 3. The Kier molecular flexibility index (Phi) is 2.62. The van der Waals surface area contributed by atoms with Crippen molar-refractivity contribution in [1.82, 2.24) is 9.97 Å². The first-order valence-electron chi connectivity index (χ1n) is 5.33. The monoisotopic (exact) mass is 234 g/mol. The number of aromatic nitrogens is 2. The molecule has 2 aromatic rings. The molecular formula is C13H15ClN2. The molecule has 0 bridgehead atoms. The van der Waals surface area contributed by atoms with Gasteiger partial charge in [-0.05, 0) is 56.9 Å². The maximum absolute atomic E-state index is 6.21. The van der Waals surface area contributed by atoms with Crippen LogP contribution >= 0.6 is 11.6 Å². The highest BCUT2D eigenvalue weighted by Gasteiger charge is 2.13. The van der Waals surface area contributed by atoms with Crippen molar-refractivity contribution in [3.63, 3.8) is 0 Å². The minimum Gasteiger partial charge on any atom is -0.233 e. The van der Waals surface area contributed by atoms with Crippen LogP contribution in [0.15, 0.2) is 0 Å². The molecule has 0 saturated carbocycles. The summed E-state index contributed by atoms with van der Waals surface area (Å²) in [6.45, 7) is 10.3. The lowest BCUT2D eigenvalue weighted by molar-refractivity contribution is 1.08. The first kappa shape index (κ1) is 11.3. The maximum atomic E-state index is 6.21. The Hall–Kier alpha value is -1.15. The zero-order valence-electron chi connectivity index (χ0n) is 10.3. The Bertz CT molecular complexity index is 588. The van der Waals surface area contributed by atoms with E-state index in [1.54, 1.807) is 0 Å². The Morgan fingerprint density at radius 2 is 1.31 bits per heavy atom. The maximum Gasteiger partial charge on any atom is 0.140 e. The van der Waals surface area contributed by atoms with Crippen LogP contribution < -0.4 is 0 Å². The lowest BCUT2D eigenvalue weighted by atomic mass is 9.95. The predicted molar refractivity (Wildman–Crippen MR) is 68.2 cm³/mol. The zero-order valence-corrected chi connectivity index (χ0v) is 11.0. The summed E-state index contributed by atoms with van der Waals surface area (Å²) in [6, 6.07) is 0. The molecule has 0 N–H and O–H groups in total. The Morgan fingerprint density at radius 1 is 0.750 bits per heavy atom. The van der Waals surface area contributed by atoms with Gasteiger partial charge in [0, 0.05) is 5.39 Å². The summed E-state index contributed by atoms with van der Waals surface area (Å²) in [5.74, 6) is 0.725. The fraction of sp³-hybridized carbons (Fsp3) is 0.385. The van der Waals surface area contributed by atoms with Crippen molar-refractivity contribution in [3.8, 4) is 0 Å². The average Bonchev–Trinajstić information content (AvgIpc) is 2.22. The van der Waals surface area contributed by atoms with Crippen LogP contribution in [0.5, 0.6) is 0 Å². The molecule has 16 heavy (non-hydrogen) atoms. The van der Waals surface area contributed by atoms with E-state index in [-0.39, 0.29) is 0 Å². The van der Waals surface area contributed by atoms with E-state index in [2.05, 4.69) is 37.7 Å². The molecule has 0 atom stereocenters. The van der Waals surface area contributed by atoms with Gasteiger partial charge in [-0.3, -0.25) is 0 Å². The standard InChI is InChI=1S/C13H15ClN2/c1-6-7(2)9(4)12-11(8(6)3)13(14)16-10(5)15-12/h1-5H3. The van der Waals surface area contributed by atoms with Gasteiger partial charge in [0.05, 0.1) is 5.52 Å². The van der Waals surface area contributed by atoms with Gasteiger partial charge >= 0.3 is 0 Å². The largest absolute Gasteiger partial charge is 0.233 e. The molecule has 0 amide bonds. The Morgan fingerprint density at radius 3 is 1.94 bits per heavy atom. The lowest BCUT2D eigenvalue weighted by Crippen LogP contribution is -1.99. The van der Waals surface area contributed by atoms with E-state index in [0.717, 1.165) is 16.7 Å². The minimum absolute atomic E-state index is 0.561. The molecule has 0 spiro atoms. The van der Waals surface area contributed by atoms with Crippen LogP contribution in [0.3, 0.4) is 0 Å². The van der Waals surface area contributed by atoms with Gasteiger partial charge in [-0.25, -0.2) is 9.97 Å². The summed E-state index contributed by atoms with van der Waals surface area (Å²) >= 11 is 6.21. The summed E-state index contributed by atoms with van der Waals surface area (Å²) in [7, 11) is 0. The molecule has 2 nitrogen and oxygen atoms in total. The molecule has 84 valence electrons. The summed E-state index contributed by atoms with van der Waals surface area (Å²) in [5, 5.41) is 1.55. The number of hydrogen-bond acceptors (Lipinski definition) is 2. The third-order valence-corrected chi connectivity index (χ3v) is 3.67. The summed E-state index contributed by atoms with van der Waals surface area (Å²) in [4.78, 5) is 8.73. The van der Waals surface area contributed by atoms with E-state index < -0.39 is 0 Å². The van der Waals surface area contributed by atoms with Crippen molar-refractivity contribution in [2.24, 2.45) is 0 Å². The van der Waals surface area contributed by atoms with E-state index in [9.17, 15) is 0 Å². The molecule has 0 fully saturated rings. The van der Waals surface area contributed by atoms with E-state index in [1.807, 2.05) is 6.92 Å². The van der Waals surface area contributed by atoms with Gasteiger partial charge < -0.3 is 0 Å². The second-order valence-corrected chi connectivity index (χ2v) is 4.64. The van der Waals surface area contributed by atoms with Crippen molar-refractivity contribution in [2.75, 3.05) is 0 Å². The van der Waals surface area contributed by atoms with E-state index in [0.29, 0.717) is 5.15 Å². The molecule has 2 rings (SSSR count). The van der Waals surface area contributed by atoms with E-state index in [1.165, 1.54) is 22.3 Å². The van der Waals surface area contributed by atoms with E-state index in [4.69, 9.17) is 11.6 Å². The summed E-state index contributed by atoms with van der Waals surface area (Å²) in [6.07, 6.45) is 0. The highest BCUT2D eigenvalue weighted by molar-refractivity contribution is 6.34. The van der Waals surface area contributed by atoms with Crippen LogP contribution in [0, 0.1) is 34.6 Å². The van der Waals surface area contributed by atoms with Crippen LogP contribution in [0.25, 0.3) is 10.9 Å². The minimum atomic E-state index is 0.561. The Labute approximate surface area is 101 Å². The highest BCUT2D eigenvalue weighted by Crippen LogP contribution is 2.31. The number of nitrogens with zero attached hydrogens (tertiary/aromatic N) is 2. The number of halogens is 1. The summed E-state index contributed by atoms with van der Waals surface area (Å²) < 4.78 is 0. The van der Waals surface area contributed by atoms with Gasteiger partial charge in [0.2, 0.25) is 0 Å². The zero-order chi connectivity index (χ0) is 12.0. The van der Waals surface area contributed by atoms with Crippen LogP contribution in [0.4, 0.5) is 0 Å². The van der Waals surface area contributed by atoms with Gasteiger partial charge in [-0.15, -0.1) is 0 Å². The fourth-order valence-corrected chi connectivity index (χ4v) is 2.42. The van der Waals surface area contributed by atoms with Crippen molar-refractivity contribution in [2.45, 2.75) is 34.6 Å². The molecule has 0 unspecified atom stereocenters. The average molecular weight is 235 g/mol. The SMILES string of the molecule is Cc1nc(Cl)c2c(C)c(C)c(C)c(C)c2n1. The molecule has 0 aliphatic rings. The Balaban J connectivity index is 3.08. The molecule has 1 aromatic carbocycles. The molecule has 0 saturated heterocycles. The van der Waals surface area contributed by atoms with Crippen LogP contribution in [-0.2, 0) is 0 Å². The van der Waals surface area contributed by atoms with Crippen molar-refractivity contribution >= 4 is 22.5 Å². The first-order valence-corrected chi connectivity index (χ1v) is 5.71. The van der Waals surface area contributed by atoms with Crippen molar-refractivity contribution in [3.05, 3.63) is 33.2 Å². The molecule has 1 aromatic heterocycles. The second kappa shape index (κ2) is 3.70. The van der Waals surface area contributed by atoms with Crippen LogP contribution in [0.1, 0.15) is 28.1 Å². The van der Waals surface area contributed by atoms with Crippen LogP contribution in [-0.4, -0.2) is 9.97 Å². The topological polar surface area (TPSA) is 25.8 Å². The quantitative estimate of drug-likeness (QED) is 0.648. The highest BCUT2D eigenvalue weighted by atomic mass is 35.5. The third-order valence-electron chi connectivity index (χ3n) is 3.39. The van der Waals surface area contributed by atoms with Gasteiger partial charge in [0.1, 0.15) is 11.0 Å². The number of hydrogen-bond donors (Lipinski definition) is 0. The molecule has 0 aliphatic carbocycles. The van der Waals surface area contributed by atoms with Gasteiger partial charge in [0.25, 0.3) is 0 Å². The fourth-order valence-electron chi connectivity index (χ4n) is 2.07. The number of rotatable bonds is 0. The van der Waals surface area contributed by atoms with Crippen molar-refractivity contribution < 1.29 is 0 Å². The number of fused-ring (bicyclic) bond motifs is 1. The molecule has 3 heteroatoms. The van der Waals surface area contributed by atoms with Crippen molar-refractivity contribution in [1.29, 1.82) is 0 Å². The third kappa shape index (κ3) is 1.49. The van der Waals surface area contributed by atoms with Gasteiger partial charge in [-0.1, -0.05) is 11.6 Å². The van der Waals surface area contributed by atoms with E-state index >= 15 is 0 Å². The van der Waals surface area contributed by atoms with Crippen LogP contribution in [0.2, 0.25) is 5.15 Å². The summed E-state index contributed by atoms with van der Waals surface area (Å²) in [5.41, 5.74) is 5.94. The number of benzene rings is 1. The molecule has 0 radical (unpaired) electrons. The normalized spacial score (nSPS) is 11.1. The van der Waals surface area contributed by atoms with Gasteiger partial charge in [0.15, 0.2) is 0 Å². The second-order valence-electron chi connectivity index (χ2n) is 4.29. The van der Waals surface area contributed by atoms with Gasteiger partial charge in [-0.2, -0.15) is 0 Å². The first-order chi connectivity index (χ1) is 7.43. The predicted octanol–water partition coefficient (Wildman–Crippen LogP) is 3.83. The lowest BCUT2D eigenvalue weighted by Gasteiger charge is -2.14.